The molecule has 1 aromatic heterocycles. The van der Waals surface area contributed by atoms with Crippen LogP contribution in [0.3, 0.4) is 0 Å². The normalized spacial score (nSPS) is 10.5. The summed E-state index contributed by atoms with van der Waals surface area (Å²) in [4.78, 5) is 4.18. The Kier molecular flexibility index (Phi) is 3.15. The van der Waals surface area contributed by atoms with Crippen LogP contribution >= 0.6 is 11.6 Å². The van der Waals surface area contributed by atoms with Crippen molar-refractivity contribution in [2.45, 2.75) is 6.54 Å². The summed E-state index contributed by atoms with van der Waals surface area (Å²) in [6.07, 6.45) is 3.34. The van der Waals surface area contributed by atoms with Gasteiger partial charge < -0.3 is 10.3 Å². The second-order valence-corrected chi connectivity index (χ2v) is 3.96. The fraction of sp³-hybridized carbons (Fsp3) is 0.0833. The van der Waals surface area contributed by atoms with Gasteiger partial charge in [0, 0.05) is 12.1 Å². The largest absolute Gasteiger partial charge is 0.383 e. The predicted octanol–water partition coefficient (Wildman–Crippen LogP) is 3.11. The first kappa shape index (κ1) is 11.7. The summed E-state index contributed by atoms with van der Waals surface area (Å²) in [5, 5.41) is 0.0557. The monoisotopic (exact) mass is 251 g/mol. The van der Waals surface area contributed by atoms with Crippen LogP contribution in [-0.2, 0) is 6.54 Å². The fourth-order valence-corrected chi connectivity index (χ4v) is 1.72. The van der Waals surface area contributed by atoms with Crippen LogP contribution < -0.4 is 5.73 Å². The first-order valence-electron chi connectivity index (χ1n) is 5.00. The highest BCUT2D eigenvalue weighted by molar-refractivity contribution is 6.31. The minimum absolute atomic E-state index is 0.0557. The molecule has 2 aromatic rings. The average molecular weight is 252 g/mol. The highest BCUT2D eigenvalue weighted by atomic mass is 35.5. The molecule has 88 valence electrons. The van der Waals surface area contributed by atoms with Gasteiger partial charge in [0.1, 0.15) is 17.3 Å². The van der Waals surface area contributed by atoms with Gasteiger partial charge in [-0.15, -0.1) is 6.58 Å². The Balaban J connectivity index is 2.46. The van der Waals surface area contributed by atoms with E-state index >= 15 is 0 Å². The molecule has 0 spiro atoms. The summed E-state index contributed by atoms with van der Waals surface area (Å²) in [5.74, 6) is 0.0482. The minimum Gasteiger partial charge on any atom is -0.383 e. The molecule has 0 saturated heterocycles. The third kappa shape index (κ3) is 2.17. The minimum atomic E-state index is -0.459. The third-order valence-corrected chi connectivity index (χ3v) is 2.69. The van der Waals surface area contributed by atoms with Gasteiger partial charge in [0.15, 0.2) is 0 Å². The molecule has 0 saturated carbocycles. The molecule has 0 unspecified atom stereocenters. The van der Waals surface area contributed by atoms with E-state index in [9.17, 15) is 4.39 Å². The van der Waals surface area contributed by atoms with Crippen LogP contribution in [0.25, 0.3) is 11.3 Å². The lowest BCUT2D eigenvalue weighted by molar-refractivity contribution is 0.628. The molecule has 3 nitrogen and oxygen atoms in total. The van der Waals surface area contributed by atoms with Gasteiger partial charge in [0.25, 0.3) is 0 Å². The van der Waals surface area contributed by atoms with E-state index < -0.39 is 5.82 Å². The molecule has 0 fully saturated rings. The van der Waals surface area contributed by atoms with Crippen LogP contribution in [0, 0.1) is 5.82 Å². The van der Waals surface area contributed by atoms with E-state index in [1.54, 1.807) is 23.0 Å². The maximum atomic E-state index is 13.0. The highest BCUT2D eigenvalue weighted by Gasteiger charge is 2.10. The molecule has 17 heavy (non-hydrogen) atoms. The van der Waals surface area contributed by atoms with Crippen LogP contribution in [-0.4, -0.2) is 9.55 Å². The Labute approximate surface area is 103 Å². The zero-order valence-electron chi connectivity index (χ0n) is 9.03. The zero-order chi connectivity index (χ0) is 12.4. The molecule has 0 atom stereocenters. The summed E-state index contributed by atoms with van der Waals surface area (Å²) in [5.41, 5.74) is 7.21. The molecular weight excluding hydrogens is 241 g/mol. The average Bonchev–Trinajstić information content (AvgIpc) is 2.66. The van der Waals surface area contributed by atoms with E-state index in [2.05, 4.69) is 11.6 Å². The van der Waals surface area contributed by atoms with Crippen molar-refractivity contribution in [3.8, 4) is 11.3 Å². The molecule has 2 N–H and O–H groups in total. The van der Waals surface area contributed by atoms with E-state index in [-0.39, 0.29) is 5.02 Å². The molecule has 0 radical (unpaired) electrons. The van der Waals surface area contributed by atoms with E-state index in [0.29, 0.717) is 23.6 Å². The Hall–Kier alpha value is -1.81. The number of nitrogen functional groups attached to an aromatic ring is 1. The number of halogens is 2. The highest BCUT2D eigenvalue weighted by Crippen LogP contribution is 2.27. The molecule has 1 aromatic carbocycles. The molecule has 0 bridgehead atoms. The Morgan fingerprint density at radius 3 is 2.94 bits per heavy atom. The summed E-state index contributed by atoms with van der Waals surface area (Å²) < 4.78 is 14.8. The second-order valence-electron chi connectivity index (χ2n) is 3.55. The number of benzene rings is 1. The van der Waals surface area contributed by atoms with Gasteiger partial charge in [-0.05, 0) is 18.2 Å². The molecule has 1 heterocycles. The lowest BCUT2D eigenvalue weighted by atomic mass is 10.1. The number of hydrogen-bond donors (Lipinski definition) is 1. The van der Waals surface area contributed by atoms with E-state index in [4.69, 9.17) is 17.3 Å². The molecule has 0 aliphatic rings. The van der Waals surface area contributed by atoms with Crippen molar-refractivity contribution in [1.29, 1.82) is 0 Å². The van der Waals surface area contributed by atoms with Crippen LogP contribution in [0.2, 0.25) is 5.02 Å². The number of anilines is 1. The number of nitrogens with zero attached hydrogens (tertiary/aromatic N) is 2. The predicted molar refractivity (Wildman–Crippen MR) is 67.2 cm³/mol. The maximum Gasteiger partial charge on any atom is 0.141 e. The van der Waals surface area contributed by atoms with Crippen molar-refractivity contribution in [3.63, 3.8) is 0 Å². The smallest absolute Gasteiger partial charge is 0.141 e. The van der Waals surface area contributed by atoms with Gasteiger partial charge in [-0.3, -0.25) is 0 Å². The first-order chi connectivity index (χ1) is 8.13. The van der Waals surface area contributed by atoms with Crippen molar-refractivity contribution < 1.29 is 4.39 Å². The van der Waals surface area contributed by atoms with Crippen LogP contribution in [0.4, 0.5) is 10.2 Å². The Bertz CT molecular complexity index is 563. The quantitative estimate of drug-likeness (QED) is 0.852. The zero-order valence-corrected chi connectivity index (χ0v) is 9.78. The third-order valence-electron chi connectivity index (χ3n) is 2.40. The number of allylic oxidation sites excluding steroid dienone is 1. The molecule has 5 heteroatoms. The summed E-state index contributed by atoms with van der Waals surface area (Å²) in [6, 6.07) is 4.40. The standard InChI is InChI=1S/C12H11ClFN3/c1-2-5-17-7-16-11(12(17)15)8-3-4-10(14)9(13)6-8/h2-4,6-7H,1,5,15H2. The van der Waals surface area contributed by atoms with Crippen LogP contribution in [0.1, 0.15) is 0 Å². The van der Waals surface area contributed by atoms with Crippen molar-refractivity contribution in [2.24, 2.45) is 0 Å². The van der Waals surface area contributed by atoms with Gasteiger partial charge in [-0.2, -0.15) is 0 Å². The molecular formula is C12H11ClFN3. The van der Waals surface area contributed by atoms with Gasteiger partial charge in [0.2, 0.25) is 0 Å². The fourth-order valence-electron chi connectivity index (χ4n) is 1.54. The summed E-state index contributed by atoms with van der Waals surface area (Å²) in [7, 11) is 0. The Morgan fingerprint density at radius 2 is 2.29 bits per heavy atom. The van der Waals surface area contributed by atoms with Crippen LogP contribution in [0.15, 0.2) is 37.2 Å². The Morgan fingerprint density at radius 1 is 1.53 bits per heavy atom. The van der Waals surface area contributed by atoms with Crippen molar-refractivity contribution in [2.75, 3.05) is 5.73 Å². The first-order valence-corrected chi connectivity index (χ1v) is 5.38. The van der Waals surface area contributed by atoms with Gasteiger partial charge in [-0.25, -0.2) is 9.37 Å². The van der Waals surface area contributed by atoms with E-state index in [1.807, 2.05) is 0 Å². The molecule has 0 aliphatic heterocycles. The number of hydrogen-bond acceptors (Lipinski definition) is 2. The topological polar surface area (TPSA) is 43.8 Å². The van der Waals surface area contributed by atoms with Gasteiger partial charge in [0.05, 0.1) is 11.3 Å². The van der Waals surface area contributed by atoms with Crippen LogP contribution in [0.5, 0.6) is 0 Å². The number of imidazole rings is 1. The summed E-state index contributed by atoms with van der Waals surface area (Å²) >= 11 is 5.72. The lowest BCUT2D eigenvalue weighted by Crippen LogP contribution is -2.00. The maximum absolute atomic E-state index is 13.0. The molecule has 2 rings (SSSR count). The lowest BCUT2D eigenvalue weighted by Gasteiger charge is -2.03. The summed E-state index contributed by atoms with van der Waals surface area (Å²) in [6.45, 7) is 4.21. The van der Waals surface area contributed by atoms with Crippen molar-refractivity contribution in [3.05, 3.63) is 48.0 Å². The van der Waals surface area contributed by atoms with E-state index in [1.165, 1.54) is 12.1 Å². The van der Waals surface area contributed by atoms with Gasteiger partial charge in [-0.1, -0.05) is 17.7 Å². The number of nitrogens with two attached hydrogens (primary N) is 1. The van der Waals surface area contributed by atoms with E-state index in [0.717, 1.165) is 0 Å². The molecule has 0 amide bonds. The number of rotatable bonds is 3. The van der Waals surface area contributed by atoms with Crippen molar-refractivity contribution >= 4 is 17.4 Å². The van der Waals surface area contributed by atoms with Gasteiger partial charge >= 0.3 is 0 Å². The SMILES string of the molecule is C=CCn1cnc(-c2ccc(F)c(Cl)c2)c1N. The number of aromatic nitrogens is 2. The molecule has 0 aliphatic carbocycles. The van der Waals surface area contributed by atoms with Crippen molar-refractivity contribution in [1.82, 2.24) is 9.55 Å². The second kappa shape index (κ2) is 4.59.